The molecule has 0 aliphatic carbocycles. The molecule has 7 nitrogen and oxygen atoms in total. The Morgan fingerprint density at radius 1 is 1.11 bits per heavy atom. The van der Waals surface area contributed by atoms with Crippen LogP contribution in [-0.2, 0) is 11.3 Å². The van der Waals surface area contributed by atoms with E-state index in [0.29, 0.717) is 11.4 Å². The van der Waals surface area contributed by atoms with Gasteiger partial charge in [-0.2, -0.15) is 0 Å². The van der Waals surface area contributed by atoms with Crippen LogP contribution in [0.15, 0.2) is 59.9 Å². The molecule has 0 amide bonds. The van der Waals surface area contributed by atoms with Crippen LogP contribution < -0.4 is 10.5 Å². The molecule has 0 saturated carbocycles. The van der Waals surface area contributed by atoms with E-state index in [0.717, 1.165) is 33.1 Å². The van der Waals surface area contributed by atoms with Crippen LogP contribution in [0, 0.1) is 0 Å². The lowest BCUT2D eigenvalue weighted by molar-refractivity contribution is 0.185. The van der Waals surface area contributed by atoms with Gasteiger partial charge in [-0.3, -0.25) is 4.98 Å². The molecule has 0 radical (unpaired) electrons. The van der Waals surface area contributed by atoms with E-state index in [1.54, 1.807) is 13.3 Å². The lowest BCUT2D eigenvalue weighted by Gasteiger charge is -2.11. The molecule has 0 spiro atoms. The van der Waals surface area contributed by atoms with Crippen LogP contribution >= 0.6 is 0 Å². The van der Waals surface area contributed by atoms with Crippen molar-refractivity contribution in [3.63, 3.8) is 0 Å². The Hall–Kier alpha value is -3.58. The maximum Gasteiger partial charge on any atom is 0.189 e. The average molecular weight is 362 g/mol. The normalized spacial score (nSPS) is 12.0. The van der Waals surface area contributed by atoms with E-state index in [1.807, 2.05) is 48.5 Å². The van der Waals surface area contributed by atoms with Crippen molar-refractivity contribution < 1.29 is 14.7 Å². The third kappa shape index (κ3) is 2.94. The number of rotatable bonds is 5. The number of hydrogen-bond acceptors (Lipinski definition) is 5. The van der Waals surface area contributed by atoms with Crippen LogP contribution in [0.3, 0.4) is 0 Å². The van der Waals surface area contributed by atoms with Crippen molar-refractivity contribution in [1.29, 1.82) is 0 Å². The number of nitrogens with zero attached hydrogens (tertiary/aromatic N) is 2. The maximum atomic E-state index is 9.12. The van der Waals surface area contributed by atoms with E-state index in [2.05, 4.69) is 15.1 Å². The van der Waals surface area contributed by atoms with E-state index in [9.17, 15) is 0 Å². The first-order valence-electron chi connectivity index (χ1n) is 8.35. The number of methoxy groups -OCH3 is 1. The molecule has 0 bridgehead atoms. The van der Waals surface area contributed by atoms with Gasteiger partial charge in [-0.1, -0.05) is 29.4 Å². The Labute approximate surface area is 155 Å². The summed E-state index contributed by atoms with van der Waals surface area (Å²) in [6.45, 7) is 0.252. The van der Waals surface area contributed by atoms with E-state index < -0.39 is 0 Å². The number of benzene rings is 2. The summed E-state index contributed by atoms with van der Waals surface area (Å²) in [6, 6.07) is 15.4. The topological polar surface area (TPSA) is 106 Å². The fourth-order valence-electron chi connectivity index (χ4n) is 3.22. The Balaban J connectivity index is 2.02. The molecule has 0 atom stereocenters. The number of aromatic nitrogens is 2. The zero-order chi connectivity index (χ0) is 18.8. The van der Waals surface area contributed by atoms with E-state index >= 15 is 0 Å². The number of nitrogens with two attached hydrogens (primary N) is 1. The van der Waals surface area contributed by atoms with Crippen LogP contribution in [0.2, 0.25) is 0 Å². The third-order valence-electron chi connectivity index (χ3n) is 4.34. The van der Waals surface area contributed by atoms with Crippen LogP contribution in [0.4, 0.5) is 0 Å². The molecule has 2 aromatic carbocycles. The van der Waals surface area contributed by atoms with Gasteiger partial charge in [-0.25, -0.2) is 0 Å². The molecule has 27 heavy (non-hydrogen) atoms. The minimum Gasteiger partial charge on any atom is -0.457 e. The number of oxime groups is 1. The maximum absolute atomic E-state index is 9.12. The molecule has 0 aliphatic rings. The fourth-order valence-corrected chi connectivity index (χ4v) is 3.22. The highest BCUT2D eigenvalue weighted by Gasteiger charge is 2.19. The summed E-state index contributed by atoms with van der Waals surface area (Å²) in [6.07, 6.45) is 1.66. The van der Waals surface area contributed by atoms with Crippen molar-refractivity contribution in [3.8, 4) is 11.5 Å². The molecule has 0 unspecified atom stereocenters. The second kappa shape index (κ2) is 6.97. The average Bonchev–Trinajstić information content (AvgIpc) is 3.08. The zero-order valence-electron chi connectivity index (χ0n) is 14.6. The number of ether oxygens (including phenoxy) is 2. The lowest BCUT2D eigenvalue weighted by atomic mass is 10.0. The van der Waals surface area contributed by atoms with Crippen LogP contribution in [0.5, 0.6) is 11.5 Å². The lowest BCUT2D eigenvalue weighted by Crippen LogP contribution is -2.18. The Bertz CT molecular complexity index is 1140. The van der Waals surface area contributed by atoms with Crippen molar-refractivity contribution in [1.82, 2.24) is 9.97 Å². The SMILES string of the molecule is COCc1c(C(N)=NO)ncc2[nH]c3cccc(Oc4ccccc4)c3c12. The van der Waals surface area contributed by atoms with Gasteiger partial charge in [0.2, 0.25) is 0 Å². The second-order valence-corrected chi connectivity index (χ2v) is 6.01. The number of hydrogen-bond donors (Lipinski definition) is 3. The fraction of sp³-hybridized carbons (Fsp3) is 0.100. The number of aromatic amines is 1. The van der Waals surface area contributed by atoms with Gasteiger partial charge in [0.05, 0.1) is 29.2 Å². The van der Waals surface area contributed by atoms with Gasteiger partial charge >= 0.3 is 0 Å². The Morgan fingerprint density at radius 3 is 2.67 bits per heavy atom. The standard InChI is InChI=1S/C20H18N4O3/c1-26-11-13-17-15(10-22-19(13)20(21)24-25)23-14-8-5-9-16(18(14)17)27-12-6-3-2-4-7-12/h2-10,23,25H,11H2,1H3,(H2,21,24). The highest BCUT2D eigenvalue weighted by molar-refractivity contribution is 6.14. The molecule has 2 heterocycles. The van der Waals surface area contributed by atoms with Gasteiger partial charge < -0.3 is 25.4 Å². The van der Waals surface area contributed by atoms with Crippen molar-refractivity contribution in [2.75, 3.05) is 7.11 Å². The monoisotopic (exact) mass is 362 g/mol. The molecule has 0 aliphatic heterocycles. The van der Waals surface area contributed by atoms with Crippen molar-refractivity contribution in [2.24, 2.45) is 10.9 Å². The molecule has 4 rings (SSSR count). The van der Waals surface area contributed by atoms with Gasteiger partial charge in [-0.15, -0.1) is 0 Å². The Morgan fingerprint density at radius 2 is 1.93 bits per heavy atom. The Kier molecular flexibility index (Phi) is 4.35. The largest absolute Gasteiger partial charge is 0.457 e. The zero-order valence-corrected chi connectivity index (χ0v) is 14.6. The van der Waals surface area contributed by atoms with Crippen LogP contribution in [-0.4, -0.2) is 28.1 Å². The summed E-state index contributed by atoms with van der Waals surface area (Å²) in [4.78, 5) is 7.68. The minimum atomic E-state index is -0.0697. The molecule has 4 N–H and O–H groups in total. The molecule has 4 aromatic rings. The third-order valence-corrected chi connectivity index (χ3v) is 4.34. The molecule has 136 valence electrons. The summed E-state index contributed by atoms with van der Waals surface area (Å²) in [7, 11) is 1.59. The van der Waals surface area contributed by atoms with Crippen LogP contribution in [0.1, 0.15) is 11.3 Å². The number of H-pyrrole nitrogens is 1. The van der Waals surface area contributed by atoms with Crippen molar-refractivity contribution >= 4 is 27.6 Å². The van der Waals surface area contributed by atoms with Gasteiger partial charge in [0.15, 0.2) is 5.84 Å². The van der Waals surface area contributed by atoms with Gasteiger partial charge in [-0.05, 0) is 24.3 Å². The van der Waals surface area contributed by atoms with Gasteiger partial charge in [0, 0.05) is 18.1 Å². The summed E-state index contributed by atoms with van der Waals surface area (Å²) >= 11 is 0. The summed E-state index contributed by atoms with van der Waals surface area (Å²) in [5.74, 6) is 1.36. The molecule has 0 fully saturated rings. The predicted molar refractivity (Wildman–Crippen MR) is 103 cm³/mol. The van der Waals surface area contributed by atoms with E-state index in [4.69, 9.17) is 20.4 Å². The molecular formula is C20H18N4O3. The van der Waals surface area contributed by atoms with Crippen LogP contribution in [0.25, 0.3) is 21.8 Å². The first kappa shape index (κ1) is 16.9. The number of pyridine rings is 1. The van der Waals surface area contributed by atoms with Gasteiger partial charge in [0.1, 0.15) is 17.2 Å². The van der Waals surface area contributed by atoms with Gasteiger partial charge in [0.25, 0.3) is 0 Å². The highest BCUT2D eigenvalue weighted by Crippen LogP contribution is 2.37. The van der Waals surface area contributed by atoms with Crippen molar-refractivity contribution in [2.45, 2.75) is 6.61 Å². The molecule has 0 saturated heterocycles. The summed E-state index contributed by atoms with van der Waals surface area (Å²) in [5.41, 5.74) is 8.64. The van der Waals surface area contributed by atoms with Crippen molar-refractivity contribution in [3.05, 3.63) is 66.0 Å². The number of fused-ring (bicyclic) bond motifs is 3. The summed E-state index contributed by atoms with van der Waals surface area (Å²) in [5, 5.41) is 14.0. The predicted octanol–water partition coefficient (Wildman–Crippen LogP) is 3.75. The van der Waals surface area contributed by atoms with E-state index in [-0.39, 0.29) is 12.4 Å². The first-order chi connectivity index (χ1) is 13.2. The number of para-hydroxylation sites is 1. The summed E-state index contributed by atoms with van der Waals surface area (Å²) < 4.78 is 11.5. The highest BCUT2D eigenvalue weighted by atomic mass is 16.5. The number of nitrogens with one attached hydrogen (secondary N) is 1. The number of amidine groups is 1. The minimum absolute atomic E-state index is 0.0697. The quantitative estimate of drug-likeness (QED) is 0.217. The smallest absolute Gasteiger partial charge is 0.189 e. The molecule has 7 heteroatoms. The van der Waals surface area contributed by atoms with E-state index in [1.165, 1.54) is 0 Å². The first-order valence-corrected chi connectivity index (χ1v) is 8.35. The molecular weight excluding hydrogens is 344 g/mol. The second-order valence-electron chi connectivity index (χ2n) is 6.01. The molecule has 2 aromatic heterocycles.